The highest BCUT2D eigenvalue weighted by Crippen LogP contribution is 2.31. The summed E-state index contributed by atoms with van der Waals surface area (Å²) in [4.78, 5) is 16.1. The van der Waals surface area contributed by atoms with Crippen molar-refractivity contribution < 1.29 is 23.1 Å². The number of nitrogens with zero attached hydrogens (tertiary/aromatic N) is 1. The lowest BCUT2D eigenvalue weighted by molar-refractivity contribution is -0.154. The van der Waals surface area contributed by atoms with Crippen LogP contribution in [0.1, 0.15) is 18.5 Å². The minimum atomic E-state index is -3.89. The average molecular weight is 364 g/mol. The second kappa shape index (κ2) is 6.70. The molecule has 0 radical (unpaired) electrons. The third-order valence-corrected chi connectivity index (χ3v) is 6.05. The number of aromatic nitrogens is 1. The summed E-state index contributed by atoms with van der Waals surface area (Å²) in [6.07, 6.45) is 0.551. The zero-order valence-corrected chi connectivity index (χ0v) is 14.7. The fraction of sp³-hybridized carbons (Fsp3) is 0.412. The van der Waals surface area contributed by atoms with Gasteiger partial charge in [-0.05, 0) is 31.9 Å². The molecule has 25 heavy (non-hydrogen) atoms. The molecular weight excluding hydrogens is 344 g/mol. The van der Waals surface area contributed by atoms with E-state index in [0.717, 1.165) is 0 Å². The summed E-state index contributed by atoms with van der Waals surface area (Å²) in [5.41, 5.74) is -0.0490. The Kier molecular flexibility index (Phi) is 4.77. The summed E-state index contributed by atoms with van der Waals surface area (Å²) in [6, 6.07) is 8.55. The van der Waals surface area contributed by atoms with E-state index in [2.05, 4.69) is 9.71 Å². The van der Waals surface area contributed by atoms with E-state index in [0.29, 0.717) is 29.8 Å². The zero-order chi connectivity index (χ0) is 18.1. The van der Waals surface area contributed by atoms with E-state index in [4.69, 9.17) is 4.74 Å². The van der Waals surface area contributed by atoms with Crippen molar-refractivity contribution in [2.24, 2.45) is 5.41 Å². The molecule has 3 rings (SSSR count). The maximum atomic E-state index is 12.8. The Morgan fingerprint density at radius 3 is 2.68 bits per heavy atom. The van der Waals surface area contributed by atoms with Gasteiger partial charge in [-0.3, -0.25) is 9.78 Å². The van der Waals surface area contributed by atoms with Crippen molar-refractivity contribution in [3.8, 4) is 0 Å². The Labute approximate surface area is 146 Å². The largest absolute Gasteiger partial charge is 0.481 e. The monoisotopic (exact) mass is 364 g/mol. The van der Waals surface area contributed by atoms with Gasteiger partial charge in [0, 0.05) is 30.8 Å². The quantitative estimate of drug-likeness (QED) is 0.837. The van der Waals surface area contributed by atoms with Crippen molar-refractivity contribution >= 4 is 26.9 Å². The lowest BCUT2D eigenvalue weighted by atomic mass is 9.80. The van der Waals surface area contributed by atoms with E-state index in [-0.39, 0.29) is 24.3 Å². The first-order chi connectivity index (χ1) is 11.8. The molecule has 1 aromatic heterocycles. The van der Waals surface area contributed by atoms with Gasteiger partial charge in [0.2, 0.25) is 10.0 Å². The summed E-state index contributed by atoms with van der Waals surface area (Å²) >= 11 is 0. The number of para-hydroxylation sites is 1. The predicted molar refractivity (Wildman–Crippen MR) is 91.8 cm³/mol. The smallest absolute Gasteiger partial charge is 0.311 e. The molecule has 134 valence electrons. The predicted octanol–water partition coefficient (Wildman–Crippen LogP) is 1.70. The third kappa shape index (κ3) is 3.51. The normalized spacial score (nSPS) is 17.5. The van der Waals surface area contributed by atoms with Gasteiger partial charge in [-0.25, -0.2) is 13.1 Å². The first-order valence-electron chi connectivity index (χ1n) is 8.01. The molecule has 8 heteroatoms. The summed E-state index contributed by atoms with van der Waals surface area (Å²) < 4.78 is 33.3. The van der Waals surface area contributed by atoms with E-state index >= 15 is 0 Å². The third-order valence-electron chi connectivity index (χ3n) is 4.62. The van der Waals surface area contributed by atoms with Gasteiger partial charge in [0.1, 0.15) is 4.90 Å². The maximum Gasteiger partial charge on any atom is 0.311 e. The topological polar surface area (TPSA) is 106 Å². The Morgan fingerprint density at radius 1 is 1.28 bits per heavy atom. The van der Waals surface area contributed by atoms with Crippen molar-refractivity contribution in [3.05, 3.63) is 36.0 Å². The van der Waals surface area contributed by atoms with Crippen molar-refractivity contribution in [1.29, 1.82) is 0 Å². The number of sulfonamides is 1. The van der Waals surface area contributed by atoms with Crippen LogP contribution in [0.3, 0.4) is 0 Å². The molecule has 0 bridgehead atoms. The molecular formula is C17H20N2O5S. The number of benzene rings is 1. The highest BCUT2D eigenvalue weighted by atomic mass is 32.2. The summed E-state index contributed by atoms with van der Waals surface area (Å²) in [5.74, 6) is -1.01. The molecule has 1 saturated heterocycles. The van der Waals surface area contributed by atoms with Crippen molar-refractivity contribution in [2.75, 3.05) is 19.8 Å². The van der Waals surface area contributed by atoms with E-state index in [9.17, 15) is 18.3 Å². The van der Waals surface area contributed by atoms with Gasteiger partial charge >= 0.3 is 5.97 Å². The number of carboxylic acids is 1. The molecule has 1 aliphatic heterocycles. The second-order valence-electron chi connectivity index (χ2n) is 6.30. The molecule has 0 spiro atoms. The van der Waals surface area contributed by atoms with Gasteiger partial charge in [0.15, 0.2) is 0 Å². The van der Waals surface area contributed by atoms with Crippen molar-refractivity contribution in [3.63, 3.8) is 0 Å². The molecule has 0 unspecified atom stereocenters. The number of aliphatic carboxylic acids is 1. The SMILES string of the molecule is Cc1ccc2cccc(S(=O)(=O)NCC3(C(=O)O)CCOCC3)c2n1. The number of ether oxygens (including phenoxy) is 1. The molecule has 0 amide bonds. The van der Waals surface area contributed by atoms with E-state index in [1.54, 1.807) is 19.1 Å². The van der Waals surface area contributed by atoms with Crippen LogP contribution in [0, 0.1) is 12.3 Å². The van der Waals surface area contributed by atoms with Crippen LogP contribution in [0.2, 0.25) is 0 Å². The number of fused-ring (bicyclic) bond motifs is 1. The van der Waals surface area contributed by atoms with Crippen LogP contribution in [0.5, 0.6) is 0 Å². The molecule has 2 aromatic rings. The Morgan fingerprint density at radius 2 is 2.00 bits per heavy atom. The van der Waals surface area contributed by atoms with Crippen LogP contribution in [0.25, 0.3) is 10.9 Å². The maximum absolute atomic E-state index is 12.8. The number of carboxylic acid groups (broad SMARTS) is 1. The van der Waals surface area contributed by atoms with E-state index < -0.39 is 21.4 Å². The fourth-order valence-electron chi connectivity index (χ4n) is 2.97. The van der Waals surface area contributed by atoms with Crippen LogP contribution in [-0.4, -0.2) is 44.2 Å². The highest BCUT2D eigenvalue weighted by Gasteiger charge is 2.41. The van der Waals surface area contributed by atoms with Crippen LogP contribution in [0.4, 0.5) is 0 Å². The standard InChI is InChI=1S/C17H20N2O5S/c1-12-5-6-13-3-2-4-14(15(13)19-12)25(22,23)18-11-17(16(20)21)7-9-24-10-8-17/h2-6,18H,7-11H2,1H3,(H,20,21). The Balaban J connectivity index is 1.92. The number of carbonyl (C=O) groups is 1. The van der Waals surface area contributed by atoms with E-state index in [1.807, 2.05) is 12.1 Å². The molecule has 7 nitrogen and oxygen atoms in total. The molecule has 2 heterocycles. The average Bonchev–Trinajstić information content (AvgIpc) is 2.60. The number of hydrogen-bond acceptors (Lipinski definition) is 5. The highest BCUT2D eigenvalue weighted by molar-refractivity contribution is 7.89. The first kappa shape index (κ1) is 17.8. The molecule has 0 aliphatic carbocycles. The molecule has 0 saturated carbocycles. The van der Waals surface area contributed by atoms with Crippen LogP contribution in [-0.2, 0) is 19.6 Å². The number of pyridine rings is 1. The second-order valence-corrected chi connectivity index (χ2v) is 8.04. The number of nitrogens with one attached hydrogen (secondary N) is 1. The van der Waals surface area contributed by atoms with E-state index in [1.165, 1.54) is 6.07 Å². The van der Waals surface area contributed by atoms with Gasteiger partial charge in [-0.15, -0.1) is 0 Å². The van der Waals surface area contributed by atoms with Crippen molar-refractivity contribution in [2.45, 2.75) is 24.7 Å². The van der Waals surface area contributed by atoms with Gasteiger partial charge in [0.25, 0.3) is 0 Å². The lowest BCUT2D eigenvalue weighted by Gasteiger charge is -2.33. The lowest BCUT2D eigenvalue weighted by Crippen LogP contribution is -2.46. The van der Waals surface area contributed by atoms with Gasteiger partial charge < -0.3 is 9.84 Å². The molecule has 0 atom stereocenters. The molecule has 2 N–H and O–H groups in total. The van der Waals surface area contributed by atoms with Crippen LogP contribution >= 0.6 is 0 Å². The Hall–Kier alpha value is -2.03. The van der Waals surface area contributed by atoms with Crippen LogP contribution < -0.4 is 4.72 Å². The minimum Gasteiger partial charge on any atom is -0.481 e. The molecule has 1 aromatic carbocycles. The first-order valence-corrected chi connectivity index (χ1v) is 9.50. The summed E-state index contributed by atoms with van der Waals surface area (Å²) in [5, 5.41) is 10.3. The Bertz CT molecular complexity index is 904. The molecule has 1 aliphatic rings. The number of rotatable bonds is 5. The zero-order valence-electron chi connectivity index (χ0n) is 13.9. The van der Waals surface area contributed by atoms with Crippen molar-refractivity contribution in [1.82, 2.24) is 9.71 Å². The number of aryl methyl sites for hydroxylation is 1. The number of hydrogen-bond donors (Lipinski definition) is 2. The van der Waals surface area contributed by atoms with Crippen LogP contribution in [0.15, 0.2) is 35.2 Å². The van der Waals surface area contributed by atoms with Gasteiger partial charge in [0.05, 0.1) is 10.9 Å². The molecule has 1 fully saturated rings. The summed E-state index contributed by atoms with van der Waals surface area (Å²) in [6.45, 7) is 2.24. The van der Waals surface area contributed by atoms with Gasteiger partial charge in [-0.2, -0.15) is 0 Å². The fourth-order valence-corrected chi connectivity index (χ4v) is 4.27. The van der Waals surface area contributed by atoms with Gasteiger partial charge in [-0.1, -0.05) is 18.2 Å². The minimum absolute atomic E-state index is 0.0568. The summed E-state index contributed by atoms with van der Waals surface area (Å²) in [7, 11) is -3.89.